The van der Waals surface area contributed by atoms with Crippen LogP contribution in [0.25, 0.3) is 11.1 Å². The number of aromatic nitrogens is 2. The van der Waals surface area contributed by atoms with Crippen LogP contribution in [0.1, 0.15) is 15.9 Å². The van der Waals surface area contributed by atoms with E-state index in [1.54, 1.807) is 11.1 Å². The fraction of sp³-hybridized carbons (Fsp3) is 0.115. The first-order valence-electron chi connectivity index (χ1n) is 10.8. The molecule has 33 heavy (non-hydrogen) atoms. The highest BCUT2D eigenvalue weighted by atomic mass is 16.2. The van der Waals surface area contributed by atoms with Gasteiger partial charge in [-0.2, -0.15) is 5.10 Å². The van der Waals surface area contributed by atoms with Crippen LogP contribution >= 0.6 is 0 Å². The number of nitrogens with one attached hydrogen (secondary N) is 2. The summed E-state index contributed by atoms with van der Waals surface area (Å²) in [6.07, 6.45) is 3.69. The zero-order chi connectivity index (χ0) is 22.6. The molecule has 4 aromatic rings. The van der Waals surface area contributed by atoms with Crippen molar-refractivity contribution < 1.29 is 9.59 Å². The van der Waals surface area contributed by atoms with Crippen LogP contribution in [0.2, 0.25) is 0 Å². The van der Waals surface area contributed by atoms with Crippen molar-refractivity contribution in [1.29, 1.82) is 0 Å². The molecule has 1 aliphatic rings. The molecule has 7 nitrogen and oxygen atoms in total. The highest BCUT2D eigenvalue weighted by Gasteiger charge is 2.21. The molecule has 3 amide bonds. The molecule has 0 radical (unpaired) electrons. The Morgan fingerprint density at radius 3 is 2.61 bits per heavy atom. The van der Waals surface area contributed by atoms with E-state index in [1.165, 1.54) is 0 Å². The van der Waals surface area contributed by atoms with Crippen LogP contribution in [0.4, 0.5) is 16.2 Å². The van der Waals surface area contributed by atoms with Crippen LogP contribution in [0, 0.1) is 0 Å². The van der Waals surface area contributed by atoms with Gasteiger partial charge < -0.3 is 10.6 Å². The van der Waals surface area contributed by atoms with E-state index in [-0.39, 0.29) is 11.9 Å². The van der Waals surface area contributed by atoms with Gasteiger partial charge in [0.2, 0.25) is 0 Å². The lowest BCUT2D eigenvalue weighted by atomic mass is 9.98. The third-order valence-corrected chi connectivity index (χ3v) is 5.61. The molecule has 2 heterocycles. The molecule has 1 saturated heterocycles. The van der Waals surface area contributed by atoms with Crippen LogP contribution in [-0.2, 0) is 6.54 Å². The van der Waals surface area contributed by atoms with Crippen molar-refractivity contribution in [3.63, 3.8) is 0 Å². The lowest BCUT2D eigenvalue weighted by Gasteiger charge is -2.16. The van der Waals surface area contributed by atoms with Gasteiger partial charge in [-0.3, -0.25) is 14.4 Å². The average molecular weight is 438 g/mol. The largest absolute Gasteiger partial charge is 0.336 e. The zero-order valence-corrected chi connectivity index (χ0v) is 17.9. The van der Waals surface area contributed by atoms with Gasteiger partial charge in [0, 0.05) is 42.4 Å². The smallest absolute Gasteiger partial charge is 0.321 e. The molecular weight excluding hydrogens is 414 g/mol. The monoisotopic (exact) mass is 437 g/mol. The van der Waals surface area contributed by atoms with Gasteiger partial charge in [-0.25, -0.2) is 4.79 Å². The van der Waals surface area contributed by atoms with E-state index in [4.69, 9.17) is 0 Å². The Hall–Kier alpha value is -4.39. The minimum Gasteiger partial charge on any atom is -0.336 e. The van der Waals surface area contributed by atoms with E-state index >= 15 is 0 Å². The Morgan fingerprint density at radius 2 is 1.85 bits per heavy atom. The topological polar surface area (TPSA) is 79.3 Å². The van der Waals surface area contributed by atoms with Crippen molar-refractivity contribution in [2.75, 3.05) is 23.3 Å². The molecule has 7 heteroatoms. The number of benzene rings is 3. The maximum absolute atomic E-state index is 13.2. The Labute approximate surface area is 191 Å². The summed E-state index contributed by atoms with van der Waals surface area (Å²) in [5, 5.41) is 10.0. The third kappa shape index (κ3) is 4.48. The first-order chi connectivity index (χ1) is 16.2. The zero-order valence-electron chi connectivity index (χ0n) is 17.9. The van der Waals surface area contributed by atoms with Gasteiger partial charge >= 0.3 is 6.03 Å². The molecule has 1 fully saturated rings. The molecule has 0 saturated carbocycles. The number of hydrogen-bond donors (Lipinski definition) is 2. The number of anilines is 2. The summed E-state index contributed by atoms with van der Waals surface area (Å²) in [4.78, 5) is 26.8. The van der Waals surface area contributed by atoms with E-state index in [9.17, 15) is 9.59 Å². The second kappa shape index (κ2) is 9.00. The van der Waals surface area contributed by atoms with Crippen molar-refractivity contribution in [3.05, 3.63) is 102 Å². The van der Waals surface area contributed by atoms with Gasteiger partial charge in [-0.1, -0.05) is 48.5 Å². The second-order valence-electron chi connectivity index (χ2n) is 7.83. The van der Waals surface area contributed by atoms with Gasteiger partial charge in [0.15, 0.2) is 0 Å². The van der Waals surface area contributed by atoms with E-state index in [2.05, 4.69) is 27.9 Å². The van der Waals surface area contributed by atoms with Crippen molar-refractivity contribution in [2.24, 2.45) is 0 Å². The molecule has 0 spiro atoms. The molecule has 1 aromatic heterocycles. The lowest BCUT2D eigenvalue weighted by molar-refractivity contribution is 0.102. The maximum atomic E-state index is 13.2. The summed E-state index contributed by atoms with van der Waals surface area (Å²) in [7, 11) is 0. The van der Waals surface area contributed by atoms with Gasteiger partial charge in [-0.15, -0.1) is 0 Å². The Kier molecular flexibility index (Phi) is 5.59. The second-order valence-corrected chi connectivity index (χ2v) is 7.83. The van der Waals surface area contributed by atoms with Crippen LogP contribution in [0.15, 0.2) is 91.3 Å². The van der Waals surface area contributed by atoms with Crippen LogP contribution in [0.3, 0.4) is 0 Å². The molecule has 2 N–H and O–H groups in total. The van der Waals surface area contributed by atoms with Gasteiger partial charge in [0.05, 0.1) is 6.54 Å². The number of carbonyl (C=O) groups excluding carboxylic acids is 2. The van der Waals surface area contributed by atoms with E-state index in [0.29, 0.717) is 30.9 Å². The molecule has 5 rings (SSSR count). The van der Waals surface area contributed by atoms with Crippen LogP contribution in [0.5, 0.6) is 0 Å². The Balaban J connectivity index is 1.35. The van der Waals surface area contributed by atoms with E-state index in [1.807, 2.05) is 77.6 Å². The molecule has 0 atom stereocenters. The van der Waals surface area contributed by atoms with E-state index in [0.717, 1.165) is 22.4 Å². The minimum absolute atomic E-state index is 0.125. The molecule has 0 aliphatic carbocycles. The number of urea groups is 1. The van der Waals surface area contributed by atoms with Crippen molar-refractivity contribution in [3.8, 4) is 11.1 Å². The molecular formula is C26H23N5O2. The fourth-order valence-electron chi connectivity index (χ4n) is 3.97. The SMILES string of the molecule is O=C(Nc1cccc(N2CCNC2=O)c1)c1ccccc1-c1ccc(Cn2cccn2)cc1. The quantitative estimate of drug-likeness (QED) is 0.470. The molecule has 164 valence electrons. The molecule has 0 unspecified atom stereocenters. The highest BCUT2D eigenvalue weighted by molar-refractivity contribution is 6.09. The predicted molar refractivity (Wildman–Crippen MR) is 128 cm³/mol. The highest BCUT2D eigenvalue weighted by Crippen LogP contribution is 2.26. The first kappa shape index (κ1) is 20.5. The average Bonchev–Trinajstić information content (AvgIpc) is 3.51. The van der Waals surface area contributed by atoms with Gasteiger partial charge in [0.1, 0.15) is 0 Å². The third-order valence-electron chi connectivity index (χ3n) is 5.61. The number of amides is 3. The number of nitrogens with zero attached hydrogens (tertiary/aromatic N) is 3. The molecule has 3 aromatic carbocycles. The lowest BCUT2D eigenvalue weighted by Crippen LogP contribution is -2.27. The van der Waals surface area contributed by atoms with E-state index < -0.39 is 0 Å². The fourth-order valence-corrected chi connectivity index (χ4v) is 3.97. The normalized spacial score (nSPS) is 13.1. The van der Waals surface area contributed by atoms with Gasteiger partial charge in [0.25, 0.3) is 5.91 Å². The summed E-state index contributed by atoms with van der Waals surface area (Å²) in [5.41, 5.74) is 4.93. The maximum Gasteiger partial charge on any atom is 0.321 e. The predicted octanol–water partition coefficient (Wildman–Crippen LogP) is 4.38. The standard InChI is InChI=1S/C26H23N5O2/c32-25(29-21-5-3-6-22(17-21)31-16-14-27-26(31)33)24-8-2-1-7-23(24)20-11-9-19(10-12-20)18-30-15-4-13-28-30/h1-13,15,17H,14,16,18H2,(H,27,33)(H,29,32). The summed E-state index contributed by atoms with van der Waals surface area (Å²) in [6.45, 7) is 1.92. The summed E-state index contributed by atoms with van der Waals surface area (Å²) >= 11 is 0. The van der Waals surface area contributed by atoms with Crippen molar-refractivity contribution >= 4 is 23.3 Å². The number of hydrogen-bond acceptors (Lipinski definition) is 3. The Morgan fingerprint density at radius 1 is 1.00 bits per heavy atom. The van der Waals surface area contributed by atoms with Gasteiger partial charge in [-0.05, 0) is 47.0 Å². The molecule has 0 bridgehead atoms. The number of rotatable bonds is 6. The summed E-state index contributed by atoms with van der Waals surface area (Å²) < 4.78 is 1.87. The van der Waals surface area contributed by atoms with Crippen LogP contribution in [-0.4, -0.2) is 34.8 Å². The first-order valence-corrected chi connectivity index (χ1v) is 10.8. The summed E-state index contributed by atoms with van der Waals surface area (Å²) in [6, 6.07) is 24.8. The Bertz CT molecular complexity index is 1280. The minimum atomic E-state index is -0.200. The van der Waals surface area contributed by atoms with Crippen molar-refractivity contribution in [1.82, 2.24) is 15.1 Å². The van der Waals surface area contributed by atoms with Crippen molar-refractivity contribution in [2.45, 2.75) is 6.54 Å². The summed E-state index contributed by atoms with van der Waals surface area (Å²) in [5.74, 6) is -0.200. The number of carbonyl (C=O) groups is 2. The molecule has 1 aliphatic heterocycles. The van der Waals surface area contributed by atoms with Crippen LogP contribution < -0.4 is 15.5 Å².